The molecule has 0 spiro atoms. The van der Waals surface area contributed by atoms with Crippen molar-refractivity contribution in [1.29, 1.82) is 5.41 Å². The lowest BCUT2D eigenvalue weighted by atomic mass is 9.96. The standard InChI is InChI=1S/C22H32N2/c1-8-20(11-10-17(5)23)13-18(6)24-19(7)22-14-21(9-2)15(3)12-16(22)4/h8,10-12,14,18,23-24H,7,9,13H2,1-6H3/b11-10-,20-8+,23-17?. The van der Waals surface area contributed by atoms with Crippen molar-refractivity contribution in [3.05, 3.63) is 64.8 Å². The third kappa shape index (κ3) is 5.84. The summed E-state index contributed by atoms with van der Waals surface area (Å²) in [4.78, 5) is 0. The Labute approximate surface area is 147 Å². The largest absolute Gasteiger partial charge is 0.382 e. The van der Waals surface area contributed by atoms with Crippen LogP contribution in [0.1, 0.15) is 56.4 Å². The first-order valence-corrected chi connectivity index (χ1v) is 8.72. The molecule has 0 bridgehead atoms. The molecule has 0 heterocycles. The molecule has 130 valence electrons. The predicted molar refractivity (Wildman–Crippen MR) is 108 cm³/mol. The molecule has 0 aliphatic carbocycles. The summed E-state index contributed by atoms with van der Waals surface area (Å²) in [6.45, 7) is 16.8. The maximum absolute atomic E-state index is 7.51. The van der Waals surface area contributed by atoms with Gasteiger partial charge in [-0.1, -0.05) is 37.3 Å². The van der Waals surface area contributed by atoms with Gasteiger partial charge in [-0.05, 0) is 76.3 Å². The van der Waals surface area contributed by atoms with Gasteiger partial charge in [-0.25, -0.2) is 0 Å². The second-order valence-electron chi connectivity index (χ2n) is 6.56. The number of nitrogens with one attached hydrogen (secondary N) is 2. The molecule has 1 aromatic carbocycles. The van der Waals surface area contributed by atoms with E-state index in [9.17, 15) is 0 Å². The van der Waals surface area contributed by atoms with Crippen molar-refractivity contribution in [1.82, 2.24) is 5.32 Å². The van der Waals surface area contributed by atoms with Gasteiger partial charge in [-0.15, -0.1) is 0 Å². The monoisotopic (exact) mass is 324 g/mol. The van der Waals surface area contributed by atoms with Gasteiger partial charge in [0.1, 0.15) is 0 Å². The lowest BCUT2D eigenvalue weighted by molar-refractivity contribution is 0.650. The van der Waals surface area contributed by atoms with Crippen molar-refractivity contribution in [2.75, 3.05) is 0 Å². The maximum Gasteiger partial charge on any atom is 0.0345 e. The van der Waals surface area contributed by atoms with Crippen molar-refractivity contribution in [3.63, 3.8) is 0 Å². The van der Waals surface area contributed by atoms with Crippen molar-refractivity contribution in [2.45, 2.75) is 60.4 Å². The second-order valence-corrected chi connectivity index (χ2v) is 6.56. The second kappa shape index (κ2) is 9.27. The number of hydrogen-bond donors (Lipinski definition) is 2. The molecule has 0 saturated carbocycles. The minimum Gasteiger partial charge on any atom is -0.382 e. The van der Waals surface area contributed by atoms with Crippen LogP contribution < -0.4 is 5.32 Å². The summed E-state index contributed by atoms with van der Waals surface area (Å²) in [7, 11) is 0. The summed E-state index contributed by atoms with van der Waals surface area (Å²) in [6.07, 6.45) is 7.92. The molecule has 2 N–H and O–H groups in total. The first-order chi connectivity index (χ1) is 11.3. The Morgan fingerprint density at radius 1 is 1.25 bits per heavy atom. The van der Waals surface area contributed by atoms with Gasteiger partial charge < -0.3 is 10.7 Å². The fourth-order valence-electron chi connectivity index (χ4n) is 2.90. The molecule has 0 aliphatic rings. The highest BCUT2D eigenvalue weighted by atomic mass is 14.9. The summed E-state index contributed by atoms with van der Waals surface area (Å²) >= 11 is 0. The molecule has 1 unspecified atom stereocenters. The zero-order chi connectivity index (χ0) is 18.3. The fourth-order valence-corrected chi connectivity index (χ4v) is 2.90. The Morgan fingerprint density at radius 2 is 1.92 bits per heavy atom. The SMILES string of the molecule is C=C(NC(C)CC(/C=C\C(C)=N)=C/C)c1cc(CC)c(C)cc1C. The van der Waals surface area contributed by atoms with E-state index >= 15 is 0 Å². The Kier molecular flexibility index (Phi) is 7.70. The predicted octanol–water partition coefficient (Wildman–Crippen LogP) is 5.75. The Morgan fingerprint density at radius 3 is 2.46 bits per heavy atom. The van der Waals surface area contributed by atoms with Crippen LogP contribution in [0.15, 0.2) is 42.5 Å². The molecule has 0 aliphatic heterocycles. The lowest BCUT2D eigenvalue weighted by Crippen LogP contribution is -2.25. The van der Waals surface area contributed by atoms with Gasteiger partial charge in [-0.3, -0.25) is 0 Å². The van der Waals surface area contributed by atoms with E-state index in [1.165, 1.54) is 27.8 Å². The van der Waals surface area contributed by atoms with Gasteiger partial charge in [0.25, 0.3) is 0 Å². The Hall–Kier alpha value is -2.09. The van der Waals surface area contributed by atoms with Crippen LogP contribution in [0.2, 0.25) is 0 Å². The molecule has 24 heavy (non-hydrogen) atoms. The van der Waals surface area contributed by atoms with E-state index in [4.69, 9.17) is 5.41 Å². The van der Waals surface area contributed by atoms with Gasteiger partial charge in [0.2, 0.25) is 0 Å². The number of hydrogen-bond acceptors (Lipinski definition) is 2. The van der Waals surface area contributed by atoms with Crippen molar-refractivity contribution in [3.8, 4) is 0 Å². The molecule has 0 aromatic heterocycles. The number of aryl methyl sites for hydroxylation is 3. The third-order valence-corrected chi connectivity index (χ3v) is 4.27. The molecular weight excluding hydrogens is 292 g/mol. The Balaban J connectivity index is 2.82. The third-order valence-electron chi connectivity index (χ3n) is 4.27. The van der Waals surface area contributed by atoms with Gasteiger partial charge in [0.15, 0.2) is 0 Å². The highest BCUT2D eigenvalue weighted by molar-refractivity contribution is 5.90. The van der Waals surface area contributed by atoms with E-state index in [1.807, 2.05) is 19.1 Å². The zero-order valence-corrected chi connectivity index (χ0v) is 16.1. The summed E-state index contributed by atoms with van der Waals surface area (Å²) < 4.78 is 0. The van der Waals surface area contributed by atoms with E-state index in [-0.39, 0.29) is 6.04 Å². The van der Waals surface area contributed by atoms with E-state index in [1.54, 1.807) is 6.92 Å². The normalized spacial score (nSPS) is 13.2. The van der Waals surface area contributed by atoms with Gasteiger partial charge >= 0.3 is 0 Å². The molecular formula is C22H32N2. The summed E-state index contributed by atoms with van der Waals surface area (Å²) in [5, 5.41) is 11.0. The topological polar surface area (TPSA) is 35.9 Å². The number of allylic oxidation sites excluding steroid dienone is 3. The van der Waals surface area contributed by atoms with Crippen LogP contribution in [-0.4, -0.2) is 11.8 Å². The average Bonchev–Trinajstić information content (AvgIpc) is 2.51. The van der Waals surface area contributed by atoms with Crippen molar-refractivity contribution in [2.24, 2.45) is 0 Å². The minimum absolute atomic E-state index is 0.283. The highest BCUT2D eigenvalue weighted by Gasteiger charge is 2.10. The molecule has 0 saturated heterocycles. The van der Waals surface area contributed by atoms with E-state index in [0.29, 0.717) is 5.71 Å². The van der Waals surface area contributed by atoms with Crippen LogP contribution in [0.4, 0.5) is 0 Å². The molecule has 0 fully saturated rings. The van der Waals surface area contributed by atoms with Gasteiger partial charge in [0, 0.05) is 23.0 Å². The van der Waals surface area contributed by atoms with E-state index in [2.05, 4.69) is 57.8 Å². The van der Waals surface area contributed by atoms with Crippen LogP contribution >= 0.6 is 0 Å². The summed E-state index contributed by atoms with van der Waals surface area (Å²) in [5.41, 5.74) is 7.98. The van der Waals surface area contributed by atoms with Crippen LogP contribution in [0, 0.1) is 19.3 Å². The molecule has 1 rings (SSSR count). The highest BCUT2D eigenvalue weighted by Crippen LogP contribution is 2.22. The molecule has 0 radical (unpaired) electrons. The van der Waals surface area contributed by atoms with Crippen LogP contribution in [0.25, 0.3) is 5.70 Å². The van der Waals surface area contributed by atoms with Gasteiger partial charge in [0.05, 0.1) is 0 Å². The van der Waals surface area contributed by atoms with Gasteiger partial charge in [-0.2, -0.15) is 0 Å². The average molecular weight is 325 g/mol. The lowest BCUT2D eigenvalue weighted by Gasteiger charge is -2.20. The first kappa shape index (κ1) is 20.0. The number of rotatable bonds is 8. The molecule has 2 heteroatoms. The Bertz CT molecular complexity index is 663. The van der Waals surface area contributed by atoms with E-state index < -0.39 is 0 Å². The smallest absolute Gasteiger partial charge is 0.0345 e. The maximum atomic E-state index is 7.51. The van der Waals surface area contributed by atoms with Crippen molar-refractivity contribution >= 4 is 11.4 Å². The van der Waals surface area contributed by atoms with E-state index in [0.717, 1.165) is 18.5 Å². The molecule has 0 amide bonds. The minimum atomic E-state index is 0.283. The zero-order valence-electron chi connectivity index (χ0n) is 16.1. The first-order valence-electron chi connectivity index (χ1n) is 8.72. The summed E-state index contributed by atoms with van der Waals surface area (Å²) in [5.74, 6) is 0. The quantitative estimate of drug-likeness (QED) is 0.464. The molecule has 1 aromatic rings. The molecule has 2 nitrogen and oxygen atoms in total. The van der Waals surface area contributed by atoms with Crippen LogP contribution in [-0.2, 0) is 6.42 Å². The number of benzene rings is 1. The van der Waals surface area contributed by atoms with Crippen molar-refractivity contribution < 1.29 is 0 Å². The molecule has 1 atom stereocenters. The fraction of sp³-hybridized carbons (Fsp3) is 0.409. The van der Waals surface area contributed by atoms with Crippen LogP contribution in [0.3, 0.4) is 0 Å². The van der Waals surface area contributed by atoms with Crippen LogP contribution in [0.5, 0.6) is 0 Å². The summed E-state index contributed by atoms with van der Waals surface area (Å²) in [6, 6.07) is 4.80.